The summed E-state index contributed by atoms with van der Waals surface area (Å²) in [5.74, 6) is -1.85. The van der Waals surface area contributed by atoms with Crippen molar-refractivity contribution in [2.24, 2.45) is 0 Å². The largest absolute Gasteiger partial charge is 0.478 e. The van der Waals surface area contributed by atoms with E-state index in [4.69, 9.17) is 4.74 Å². The third kappa shape index (κ3) is 2.80. The molecule has 0 aromatic heterocycles. The van der Waals surface area contributed by atoms with Crippen LogP contribution in [0.2, 0.25) is 0 Å². The summed E-state index contributed by atoms with van der Waals surface area (Å²) in [6, 6.07) is 10.8. The van der Waals surface area contributed by atoms with Gasteiger partial charge in [0.15, 0.2) is 0 Å². The molecule has 0 heterocycles. The first-order valence-electron chi connectivity index (χ1n) is 7.78. The van der Waals surface area contributed by atoms with Crippen LogP contribution in [0.1, 0.15) is 40.3 Å². The lowest BCUT2D eigenvalue weighted by Gasteiger charge is -2.33. The predicted octanol–water partition coefficient (Wildman–Crippen LogP) is 3.81. The van der Waals surface area contributed by atoms with Crippen molar-refractivity contribution in [3.63, 3.8) is 0 Å². The molecule has 0 aliphatic carbocycles. The maximum absolute atomic E-state index is 12.4. The van der Waals surface area contributed by atoms with Crippen LogP contribution in [0.4, 0.5) is 0 Å². The molecule has 24 heavy (non-hydrogen) atoms. The standard InChI is InChI=1S/C20H22O4/c1-12-8-6-10-17(14(12)3)20(19(22)23,24-16(5)21)18-11-7-9-13(2)15(18)4/h6-11H,1-5H3,(H,22,23). The van der Waals surface area contributed by atoms with Crippen molar-refractivity contribution in [2.45, 2.75) is 40.2 Å². The van der Waals surface area contributed by atoms with E-state index in [0.29, 0.717) is 11.1 Å². The van der Waals surface area contributed by atoms with E-state index in [2.05, 4.69) is 0 Å². The number of rotatable bonds is 4. The zero-order chi connectivity index (χ0) is 18.1. The van der Waals surface area contributed by atoms with Crippen LogP contribution in [-0.2, 0) is 19.9 Å². The van der Waals surface area contributed by atoms with E-state index in [9.17, 15) is 14.7 Å². The van der Waals surface area contributed by atoms with Gasteiger partial charge in [-0.25, -0.2) is 4.79 Å². The number of carboxylic acids is 1. The molecule has 0 fully saturated rings. The molecular formula is C20H22O4. The number of carboxylic acid groups (broad SMARTS) is 1. The lowest BCUT2D eigenvalue weighted by Crippen LogP contribution is -2.42. The van der Waals surface area contributed by atoms with Crippen LogP contribution < -0.4 is 0 Å². The molecule has 126 valence electrons. The Morgan fingerprint density at radius 2 is 1.29 bits per heavy atom. The minimum atomic E-state index is -1.86. The van der Waals surface area contributed by atoms with Crippen LogP contribution in [-0.4, -0.2) is 17.0 Å². The smallest absolute Gasteiger partial charge is 0.357 e. The Bertz CT molecular complexity index is 754. The number of aryl methyl sites for hydroxylation is 2. The Morgan fingerprint density at radius 1 is 0.875 bits per heavy atom. The Balaban J connectivity index is 2.93. The summed E-state index contributed by atoms with van der Waals surface area (Å²) in [5.41, 5.74) is 2.55. The predicted molar refractivity (Wildman–Crippen MR) is 92.0 cm³/mol. The number of esters is 1. The molecule has 0 aliphatic heterocycles. The van der Waals surface area contributed by atoms with Gasteiger partial charge in [-0.2, -0.15) is 0 Å². The average Bonchev–Trinajstić information content (AvgIpc) is 2.50. The normalized spacial score (nSPS) is 11.2. The summed E-state index contributed by atoms with van der Waals surface area (Å²) in [5, 5.41) is 10.1. The summed E-state index contributed by atoms with van der Waals surface area (Å²) < 4.78 is 5.50. The Kier molecular flexibility index (Phi) is 4.78. The summed E-state index contributed by atoms with van der Waals surface area (Å²) >= 11 is 0. The maximum atomic E-state index is 12.4. The molecule has 2 aromatic rings. The van der Waals surface area contributed by atoms with Crippen molar-refractivity contribution < 1.29 is 19.4 Å². The Morgan fingerprint density at radius 3 is 1.62 bits per heavy atom. The molecule has 1 N–H and O–H groups in total. The van der Waals surface area contributed by atoms with Crippen LogP contribution in [0.3, 0.4) is 0 Å². The van der Waals surface area contributed by atoms with Crippen molar-refractivity contribution in [3.05, 3.63) is 69.8 Å². The van der Waals surface area contributed by atoms with Crippen LogP contribution in [0.25, 0.3) is 0 Å². The lowest BCUT2D eigenvalue weighted by atomic mass is 9.79. The molecule has 4 heteroatoms. The minimum absolute atomic E-state index is 0.471. The molecule has 0 atom stereocenters. The molecule has 0 amide bonds. The summed E-state index contributed by atoms with van der Waals surface area (Å²) in [7, 11) is 0. The van der Waals surface area contributed by atoms with Gasteiger partial charge in [-0.15, -0.1) is 0 Å². The molecule has 0 saturated heterocycles. The fourth-order valence-electron chi connectivity index (χ4n) is 3.01. The van der Waals surface area contributed by atoms with Gasteiger partial charge in [0.25, 0.3) is 5.60 Å². The quantitative estimate of drug-likeness (QED) is 0.868. The molecule has 4 nitrogen and oxygen atoms in total. The van der Waals surface area contributed by atoms with E-state index >= 15 is 0 Å². The Labute approximate surface area is 142 Å². The van der Waals surface area contributed by atoms with E-state index in [-0.39, 0.29) is 0 Å². The van der Waals surface area contributed by atoms with E-state index in [1.165, 1.54) is 6.92 Å². The third-order valence-electron chi connectivity index (χ3n) is 4.57. The molecule has 0 radical (unpaired) electrons. The average molecular weight is 326 g/mol. The van der Waals surface area contributed by atoms with Gasteiger partial charge in [0.1, 0.15) is 0 Å². The van der Waals surface area contributed by atoms with E-state index < -0.39 is 17.5 Å². The highest BCUT2D eigenvalue weighted by atomic mass is 16.6. The molecule has 0 spiro atoms. The molecule has 2 rings (SSSR count). The monoisotopic (exact) mass is 326 g/mol. The second-order valence-electron chi connectivity index (χ2n) is 6.07. The van der Waals surface area contributed by atoms with E-state index in [0.717, 1.165) is 22.3 Å². The number of benzene rings is 2. The van der Waals surface area contributed by atoms with Gasteiger partial charge >= 0.3 is 11.9 Å². The van der Waals surface area contributed by atoms with Crippen LogP contribution in [0.5, 0.6) is 0 Å². The van der Waals surface area contributed by atoms with Gasteiger partial charge in [-0.3, -0.25) is 4.79 Å². The van der Waals surface area contributed by atoms with Crippen LogP contribution >= 0.6 is 0 Å². The zero-order valence-corrected chi connectivity index (χ0v) is 14.6. The second-order valence-corrected chi connectivity index (χ2v) is 6.07. The number of hydrogen-bond donors (Lipinski definition) is 1. The van der Waals surface area contributed by atoms with Gasteiger partial charge in [-0.1, -0.05) is 36.4 Å². The number of carbonyl (C=O) groups excluding carboxylic acids is 1. The third-order valence-corrected chi connectivity index (χ3v) is 4.57. The van der Waals surface area contributed by atoms with Gasteiger partial charge in [0.2, 0.25) is 0 Å². The van der Waals surface area contributed by atoms with Crippen molar-refractivity contribution in [3.8, 4) is 0 Å². The van der Waals surface area contributed by atoms with E-state index in [1.54, 1.807) is 24.3 Å². The summed E-state index contributed by atoms with van der Waals surface area (Å²) in [4.78, 5) is 24.2. The van der Waals surface area contributed by atoms with Gasteiger partial charge in [0, 0.05) is 18.1 Å². The topological polar surface area (TPSA) is 63.6 Å². The molecule has 0 saturated carbocycles. The van der Waals surface area contributed by atoms with Gasteiger partial charge < -0.3 is 9.84 Å². The van der Waals surface area contributed by atoms with Crippen molar-refractivity contribution in [1.82, 2.24) is 0 Å². The van der Waals surface area contributed by atoms with Crippen molar-refractivity contribution >= 4 is 11.9 Å². The minimum Gasteiger partial charge on any atom is -0.478 e. The number of hydrogen-bond acceptors (Lipinski definition) is 3. The fraction of sp³-hybridized carbons (Fsp3) is 0.300. The highest BCUT2D eigenvalue weighted by molar-refractivity contribution is 5.88. The van der Waals surface area contributed by atoms with Gasteiger partial charge in [-0.05, 0) is 49.9 Å². The van der Waals surface area contributed by atoms with Crippen LogP contribution in [0.15, 0.2) is 36.4 Å². The fourth-order valence-corrected chi connectivity index (χ4v) is 3.01. The van der Waals surface area contributed by atoms with E-state index in [1.807, 2.05) is 39.8 Å². The lowest BCUT2D eigenvalue weighted by molar-refractivity contribution is -0.173. The number of aliphatic carboxylic acids is 1. The zero-order valence-electron chi connectivity index (χ0n) is 14.6. The maximum Gasteiger partial charge on any atom is 0.357 e. The highest BCUT2D eigenvalue weighted by Crippen LogP contribution is 2.39. The SMILES string of the molecule is CC(=O)OC(C(=O)O)(c1cccc(C)c1C)c1cccc(C)c1C. The van der Waals surface area contributed by atoms with Crippen LogP contribution in [0, 0.1) is 27.7 Å². The Hall–Kier alpha value is -2.62. The number of carbonyl (C=O) groups is 2. The van der Waals surface area contributed by atoms with Crippen molar-refractivity contribution in [1.29, 1.82) is 0 Å². The summed E-state index contributed by atoms with van der Waals surface area (Å²) in [6.07, 6.45) is 0. The molecule has 2 aromatic carbocycles. The first kappa shape index (κ1) is 17.7. The molecule has 0 bridgehead atoms. The number of ether oxygens (including phenoxy) is 1. The molecule has 0 aliphatic rings. The summed E-state index contributed by atoms with van der Waals surface area (Å²) in [6.45, 7) is 8.73. The first-order chi connectivity index (χ1) is 11.2. The van der Waals surface area contributed by atoms with Gasteiger partial charge in [0.05, 0.1) is 0 Å². The molecule has 0 unspecified atom stereocenters. The second kappa shape index (κ2) is 6.48. The molecular weight excluding hydrogens is 304 g/mol. The highest BCUT2D eigenvalue weighted by Gasteiger charge is 2.48. The van der Waals surface area contributed by atoms with Crippen molar-refractivity contribution in [2.75, 3.05) is 0 Å². The first-order valence-corrected chi connectivity index (χ1v) is 7.78.